The Bertz CT molecular complexity index is 1200. The molecule has 0 saturated carbocycles. The molecule has 0 fully saturated rings. The summed E-state index contributed by atoms with van der Waals surface area (Å²) in [7, 11) is -2.21. The lowest BCUT2D eigenvalue weighted by atomic mass is 10.1. The van der Waals surface area contributed by atoms with E-state index in [0.717, 1.165) is 41.6 Å². The average molecular weight is 459 g/mol. The lowest BCUT2D eigenvalue weighted by molar-refractivity contribution is -0.137. The topological polar surface area (TPSA) is 42.3 Å². The number of aromatic nitrogens is 1. The Morgan fingerprint density at radius 2 is 1.80 bits per heavy atom. The minimum Gasteiger partial charge on any atom is -0.302 e. The number of rotatable bonds is 2. The van der Waals surface area contributed by atoms with E-state index in [-0.39, 0.29) is 17.3 Å². The van der Waals surface area contributed by atoms with Crippen LogP contribution in [0.4, 0.5) is 13.2 Å². The summed E-state index contributed by atoms with van der Waals surface area (Å²) in [5.74, 6) is 0. The maximum absolute atomic E-state index is 13.5. The van der Waals surface area contributed by atoms with Gasteiger partial charge in [-0.15, -0.1) is 12.4 Å². The van der Waals surface area contributed by atoms with Crippen LogP contribution in [0.25, 0.3) is 10.9 Å². The molecule has 162 valence electrons. The predicted molar refractivity (Wildman–Crippen MR) is 113 cm³/mol. The van der Waals surface area contributed by atoms with Crippen LogP contribution in [0.1, 0.15) is 28.8 Å². The van der Waals surface area contributed by atoms with Crippen molar-refractivity contribution in [2.45, 2.75) is 37.4 Å². The van der Waals surface area contributed by atoms with E-state index in [9.17, 15) is 21.6 Å². The molecule has 0 unspecified atom stereocenters. The van der Waals surface area contributed by atoms with Crippen molar-refractivity contribution >= 4 is 33.3 Å². The molecule has 0 saturated heterocycles. The fraction of sp³-hybridized carbons (Fsp3) is 0.333. The molecule has 0 N–H and O–H groups in total. The van der Waals surface area contributed by atoms with Crippen LogP contribution in [0.3, 0.4) is 0 Å². The Kier molecular flexibility index (Phi) is 5.97. The van der Waals surface area contributed by atoms with Crippen molar-refractivity contribution in [3.05, 3.63) is 64.8 Å². The van der Waals surface area contributed by atoms with Crippen LogP contribution in [0, 0.1) is 6.92 Å². The van der Waals surface area contributed by atoms with E-state index in [0.29, 0.717) is 30.2 Å². The highest BCUT2D eigenvalue weighted by atomic mass is 35.5. The second kappa shape index (κ2) is 7.90. The molecular formula is C21H22ClF3N2O2S. The Morgan fingerprint density at radius 1 is 1.07 bits per heavy atom. The van der Waals surface area contributed by atoms with Crippen LogP contribution >= 0.6 is 12.4 Å². The fourth-order valence-corrected chi connectivity index (χ4v) is 5.65. The van der Waals surface area contributed by atoms with Crippen molar-refractivity contribution in [1.82, 2.24) is 8.87 Å². The lowest BCUT2D eigenvalue weighted by Gasteiger charge is -2.14. The number of hydrogen-bond donors (Lipinski definition) is 0. The molecule has 0 spiro atoms. The Morgan fingerprint density at radius 3 is 2.50 bits per heavy atom. The zero-order valence-electron chi connectivity index (χ0n) is 16.5. The van der Waals surface area contributed by atoms with Gasteiger partial charge in [0.2, 0.25) is 0 Å². The normalized spacial score (nSPS) is 15.5. The molecule has 1 aliphatic heterocycles. The average Bonchev–Trinajstić information content (AvgIpc) is 2.81. The molecule has 3 aromatic rings. The van der Waals surface area contributed by atoms with Gasteiger partial charge in [0.15, 0.2) is 0 Å². The molecule has 0 aliphatic carbocycles. The van der Waals surface area contributed by atoms with Gasteiger partial charge in [-0.25, -0.2) is 12.4 Å². The number of fused-ring (bicyclic) bond motifs is 3. The highest BCUT2D eigenvalue weighted by Gasteiger charge is 2.33. The summed E-state index contributed by atoms with van der Waals surface area (Å²) in [6, 6.07) is 9.47. The van der Waals surface area contributed by atoms with Gasteiger partial charge in [0, 0.05) is 17.6 Å². The summed E-state index contributed by atoms with van der Waals surface area (Å²) >= 11 is 0. The highest BCUT2D eigenvalue weighted by Crippen LogP contribution is 2.36. The number of alkyl halides is 3. The van der Waals surface area contributed by atoms with E-state index in [1.807, 2.05) is 26.1 Å². The Hall–Kier alpha value is -2.03. The zero-order chi connectivity index (χ0) is 21.0. The van der Waals surface area contributed by atoms with Crippen LogP contribution in [0.5, 0.6) is 0 Å². The number of halogens is 4. The number of nitrogens with zero attached hydrogens (tertiary/aromatic N) is 2. The molecule has 30 heavy (non-hydrogen) atoms. The molecule has 0 amide bonds. The first kappa shape index (κ1) is 22.7. The van der Waals surface area contributed by atoms with Gasteiger partial charge < -0.3 is 4.90 Å². The van der Waals surface area contributed by atoms with E-state index in [1.54, 1.807) is 6.07 Å². The minimum atomic E-state index is -4.61. The molecule has 4 nitrogen and oxygen atoms in total. The van der Waals surface area contributed by atoms with E-state index in [1.165, 1.54) is 10.0 Å². The van der Waals surface area contributed by atoms with Crippen molar-refractivity contribution in [2.24, 2.45) is 0 Å². The van der Waals surface area contributed by atoms with E-state index >= 15 is 0 Å². The summed E-state index contributed by atoms with van der Waals surface area (Å²) < 4.78 is 67.8. The van der Waals surface area contributed by atoms with Gasteiger partial charge in [-0.3, -0.25) is 0 Å². The Balaban J connectivity index is 0.00000256. The maximum Gasteiger partial charge on any atom is 0.416 e. The van der Waals surface area contributed by atoms with Gasteiger partial charge in [-0.1, -0.05) is 17.7 Å². The largest absolute Gasteiger partial charge is 0.416 e. The monoisotopic (exact) mass is 458 g/mol. The number of benzene rings is 2. The van der Waals surface area contributed by atoms with Crippen molar-refractivity contribution in [3.63, 3.8) is 0 Å². The second-order valence-corrected chi connectivity index (χ2v) is 9.37. The third-order valence-electron chi connectivity index (χ3n) is 5.37. The van der Waals surface area contributed by atoms with E-state index in [2.05, 4.69) is 4.90 Å². The quantitative estimate of drug-likeness (QED) is 0.542. The van der Waals surface area contributed by atoms with Crippen molar-refractivity contribution in [2.75, 3.05) is 13.6 Å². The van der Waals surface area contributed by atoms with Crippen LogP contribution in [-0.2, 0) is 29.2 Å². The molecule has 0 radical (unpaired) electrons. The summed E-state index contributed by atoms with van der Waals surface area (Å²) in [6.45, 7) is 3.36. The van der Waals surface area contributed by atoms with Crippen molar-refractivity contribution < 1.29 is 21.6 Å². The first-order valence-electron chi connectivity index (χ1n) is 9.33. The molecular weight excluding hydrogens is 437 g/mol. The standard InChI is InChI=1S/C21H21F3N2O2S.ClH/c1-14-8-9-20-17(11-14)18-13-25(2)10-4-7-19(18)26(20)29(27,28)16-6-3-5-15(12-16)21(22,23)24;/h3,5-6,8-9,11-12H,4,7,10,13H2,1-2H3;1H. The first-order valence-corrected chi connectivity index (χ1v) is 10.8. The van der Waals surface area contributed by atoms with Crippen LogP contribution < -0.4 is 0 Å². The molecule has 2 heterocycles. The number of aryl methyl sites for hydroxylation is 1. The lowest BCUT2D eigenvalue weighted by Crippen LogP contribution is -2.17. The SMILES string of the molecule is Cc1ccc2c(c1)c1c(n2S(=O)(=O)c2cccc(C(F)(F)F)c2)CCCN(C)C1.Cl. The predicted octanol–water partition coefficient (Wildman–Crippen LogP) is 5.01. The third-order valence-corrected chi connectivity index (χ3v) is 7.12. The summed E-state index contributed by atoms with van der Waals surface area (Å²) in [5.41, 5.74) is 2.12. The van der Waals surface area contributed by atoms with Crippen LogP contribution in [0.15, 0.2) is 47.4 Å². The van der Waals surface area contributed by atoms with Crippen LogP contribution in [-0.4, -0.2) is 30.9 Å². The summed E-state index contributed by atoms with van der Waals surface area (Å²) in [5, 5.41) is 0.837. The van der Waals surface area contributed by atoms with Gasteiger partial charge in [0.1, 0.15) is 0 Å². The second-order valence-electron chi connectivity index (χ2n) is 7.58. The molecule has 4 rings (SSSR count). The summed E-state index contributed by atoms with van der Waals surface area (Å²) in [4.78, 5) is 1.78. The number of hydrogen-bond acceptors (Lipinski definition) is 3. The van der Waals surface area contributed by atoms with Crippen molar-refractivity contribution in [3.8, 4) is 0 Å². The van der Waals surface area contributed by atoms with Gasteiger partial charge in [0.25, 0.3) is 10.0 Å². The third kappa shape index (κ3) is 3.84. The molecule has 2 aromatic carbocycles. The van der Waals surface area contributed by atoms with Gasteiger partial charge in [-0.2, -0.15) is 13.2 Å². The molecule has 0 bridgehead atoms. The molecule has 0 atom stereocenters. The first-order chi connectivity index (χ1) is 13.6. The molecule has 1 aliphatic rings. The Labute approximate surface area is 179 Å². The fourth-order valence-electron chi connectivity index (χ4n) is 4.00. The van der Waals surface area contributed by atoms with Gasteiger partial charge in [0.05, 0.1) is 16.0 Å². The van der Waals surface area contributed by atoms with E-state index < -0.39 is 21.8 Å². The van der Waals surface area contributed by atoms with Crippen LogP contribution in [0.2, 0.25) is 0 Å². The van der Waals surface area contributed by atoms with Gasteiger partial charge >= 0.3 is 6.18 Å². The van der Waals surface area contributed by atoms with Crippen molar-refractivity contribution in [1.29, 1.82) is 0 Å². The van der Waals surface area contributed by atoms with E-state index in [4.69, 9.17) is 0 Å². The van der Waals surface area contributed by atoms with Gasteiger partial charge in [-0.05, 0) is 69.3 Å². The smallest absolute Gasteiger partial charge is 0.302 e. The highest BCUT2D eigenvalue weighted by molar-refractivity contribution is 7.90. The molecule has 9 heteroatoms. The molecule has 1 aromatic heterocycles. The minimum absolute atomic E-state index is 0. The maximum atomic E-state index is 13.5. The zero-order valence-corrected chi connectivity index (χ0v) is 18.2. The summed E-state index contributed by atoms with van der Waals surface area (Å²) in [6.07, 6.45) is -3.29.